The summed E-state index contributed by atoms with van der Waals surface area (Å²) in [4.78, 5) is 7.17. The summed E-state index contributed by atoms with van der Waals surface area (Å²) in [6.07, 6.45) is 3.39. The van der Waals surface area contributed by atoms with E-state index in [1.807, 2.05) is 12.1 Å². The van der Waals surface area contributed by atoms with E-state index in [0.717, 1.165) is 45.2 Å². The van der Waals surface area contributed by atoms with E-state index in [9.17, 15) is 5.11 Å². The maximum atomic E-state index is 10.5. The molecule has 1 atom stereocenters. The molecule has 0 radical (unpaired) electrons. The topological polar surface area (TPSA) is 60.4 Å². The van der Waals surface area contributed by atoms with Crippen molar-refractivity contribution in [1.29, 1.82) is 0 Å². The van der Waals surface area contributed by atoms with Crippen LogP contribution in [0.15, 0.2) is 18.2 Å². The van der Waals surface area contributed by atoms with Gasteiger partial charge in [-0.05, 0) is 76.1 Å². The highest BCUT2D eigenvalue weighted by Crippen LogP contribution is 2.28. The fourth-order valence-electron chi connectivity index (χ4n) is 4.64. The van der Waals surface area contributed by atoms with Crippen LogP contribution in [0.5, 0.6) is 11.5 Å². The van der Waals surface area contributed by atoms with Crippen molar-refractivity contribution in [2.45, 2.75) is 38.8 Å². The van der Waals surface area contributed by atoms with E-state index < -0.39 is 6.10 Å². The van der Waals surface area contributed by atoms with E-state index in [0.29, 0.717) is 18.0 Å². The van der Waals surface area contributed by atoms with E-state index in [1.165, 1.54) is 44.5 Å². The number of β-amino-alcohol motifs (C(OH)–C–C–N with tert-alkyl or cyclic N) is 1. The molecule has 0 saturated carbocycles. The summed E-state index contributed by atoms with van der Waals surface area (Å²) < 4.78 is 11.4. The number of nitrogens with zero attached hydrogens (tertiary/aromatic N) is 3. The number of hydrogen-bond donors (Lipinski definition) is 2. The SMILES string of the molecule is CCN1CCC(CCNCc2ccc(OC)c(OCC(O)CN3CCN(C)CC3)c2)CC1. The van der Waals surface area contributed by atoms with Crippen molar-refractivity contribution >= 4 is 0 Å². The zero-order valence-corrected chi connectivity index (χ0v) is 20.4. The summed E-state index contributed by atoms with van der Waals surface area (Å²) in [5.74, 6) is 2.27. The first-order valence-electron chi connectivity index (χ1n) is 12.4. The first kappa shape index (κ1) is 25.2. The van der Waals surface area contributed by atoms with E-state index >= 15 is 0 Å². The van der Waals surface area contributed by atoms with E-state index in [2.05, 4.69) is 40.1 Å². The van der Waals surface area contributed by atoms with Crippen molar-refractivity contribution in [3.05, 3.63) is 23.8 Å². The molecule has 0 aliphatic carbocycles. The van der Waals surface area contributed by atoms with Gasteiger partial charge in [-0.25, -0.2) is 0 Å². The first-order chi connectivity index (χ1) is 15.6. The predicted molar refractivity (Wildman–Crippen MR) is 130 cm³/mol. The Morgan fingerprint density at radius 3 is 2.50 bits per heavy atom. The molecule has 2 fully saturated rings. The molecule has 3 rings (SSSR count). The first-order valence-corrected chi connectivity index (χ1v) is 12.4. The molecule has 1 aromatic rings. The van der Waals surface area contributed by atoms with Crippen molar-refractivity contribution in [3.8, 4) is 11.5 Å². The average molecular weight is 449 g/mol. The molecule has 2 N–H and O–H groups in total. The van der Waals surface area contributed by atoms with Gasteiger partial charge in [-0.15, -0.1) is 0 Å². The van der Waals surface area contributed by atoms with Crippen LogP contribution in [0, 0.1) is 5.92 Å². The molecule has 7 heteroatoms. The number of methoxy groups -OCH3 is 1. The number of benzene rings is 1. The minimum absolute atomic E-state index is 0.274. The van der Waals surface area contributed by atoms with E-state index in [-0.39, 0.29) is 6.61 Å². The number of rotatable bonds is 12. The minimum Gasteiger partial charge on any atom is -0.493 e. The molecule has 2 aliphatic rings. The number of ether oxygens (including phenoxy) is 2. The fourth-order valence-corrected chi connectivity index (χ4v) is 4.64. The van der Waals surface area contributed by atoms with Gasteiger partial charge in [0.15, 0.2) is 11.5 Å². The number of piperidine rings is 1. The van der Waals surface area contributed by atoms with Gasteiger partial charge in [-0.3, -0.25) is 4.90 Å². The molecule has 182 valence electrons. The van der Waals surface area contributed by atoms with Crippen LogP contribution in [-0.2, 0) is 6.54 Å². The lowest BCUT2D eigenvalue weighted by molar-refractivity contribution is 0.0498. The standard InChI is InChI=1S/C25H44N4O3/c1-4-28-11-8-21(9-12-28)7-10-26-18-22-5-6-24(31-3)25(17-22)32-20-23(30)19-29-15-13-27(2)14-16-29/h5-6,17,21,23,26,30H,4,7-16,18-20H2,1-3H3. The van der Waals surface area contributed by atoms with Crippen LogP contribution in [0.3, 0.4) is 0 Å². The number of aliphatic hydroxyl groups is 1. The summed E-state index contributed by atoms with van der Waals surface area (Å²) in [7, 11) is 3.80. The number of likely N-dealkylation sites (N-methyl/N-ethyl adjacent to an activating group) is 1. The molecule has 1 aromatic carbocycles. The second-order valence-electron chi connectivity index (χ2n) is 9.40. The molecule has 0 bridgehead atoms. The van der Waals surface area contributed by atoms with Crippen LogP contribution < -0.4 is 14.8 Å². The maximum absolute atomic E-state index is 10.5. The summed E-state index contributed by atoms with van der Waals surface area (Å²) in [6.45, 7) is 12.8. The summed E-state index contributed by atoms with van der Waals surface area (Å²) in [6, 6.07) is 6.08. The molecule has 2 heterocycles. The van der Waals surface area contributed by atoms with Gasteiger partial charge < -0.3 is 29.7 Å². The summed E-state index contributed by atoms with van der Waals surface area (Å²) in [5.41, 5.74) is 1.18. The van der Waals surface area contributed by atoms with Gasteiger partial charge >= 0.3 is 0 Å². The molecule has 2 saturated heterocycles. The Morgan fingerprint density at radius 1 is 1.06 bits per heavy atom. The lowest BCUT2D eigenvalue weighted by Crippen LogP contribution is -2.47. The number of hydrogen-bond acceptors (Lipinski definition) is 7. The van der Waals surface area contributed by atoms with Gasteiger partial charge in [0.25, 0.3) is 0 Å². The third-order valence-electron chi connectivity index (χ3n) is 6.94. The highest BCUT2D eigenvalue weighted by atomic mass is 16.5. The van der Waals surface area contributed by atoms with Crippen molar-refractivity contribution in [2.24, 2.45) is 5.92 Å². The van der Waals surface area contributed by atoms with Gasteiger partial charge in [-0.1, -0.05) is 13.0 Å². The quantitative estimate of drug-likeness (QED) is 0.474. The largest absolute Gasteiger partial charge is 0.493 e. The van der Waals surface area contributed by atoms with Crippen LogP contribution in [0.2, 0.25) is 0 Å². The van der Waals surface area contributed by atoms with Crippen LogP contribution in [0.4, 0.5) is 0 Å². The number of aliphatic hydroxyl groups excluding tert-OH is 1. The Kier molecular flexibility index (Phi) is 10.5. The normalized spacial score (nSPS) is 20.4. The maximum Gasteiger partial charge on any atom is 0.161 e. The van der Waals surface area contributed by atoms with Crippen LogP contribution in [0.1, 0.15) is 31.7 Å². The Hall–Kier alpha value is -1.38. The van der Waals surface area contributed by atoms with E-state index in [1.54, 1.807) is 7.11 Å². The smallest absolute Gasteiger partial charge is 0.161 e. The molecule has 0 amide bonds. The minimum atomic E-state index is -0.510. The number of likely N-dealkylation sites (tertiary alicyclic amines) is 1. The van der Waals surface area contributed by atoms with Gasteiger partial charge in [-0.2, -0.15) is 0 Å². The fraction of sp³-hybridized carbons (Fsp3) is 0.760. The predicted octanol–water partition coefficient (Wildman–Crippen LogP) is 1.89. The van der Waals surface area contributed by atoms with Crippen molar-refractivity contribution in [1.82, 2.24) is 20.0 Å². The monoisotopic (exact) mass is 448 g/mol. The average Bonchev–Trinajstić information content (AvgIpc) is 2.82. The highest BCUT2D eigenvalue weighted by molar-refractivity contribution is 5.43. The Balaban J connectivity index is 1.39. The molecule has 7 nitrogen and oxygen atoms in total. The van der Waals surface area contributed by atoms with Gasteiger partial charge in [0.05, 0.1) is 7.11 Å². The second-order valence-corrected chi connectivity index (χ2v) is 9.40. The van der Waals surface area contributed by atoms with Crippen LogP contribution in [-0.4, -0.2) is 106 Å². The number of nitrogens with one attached hydrogen (secondary N) is 1. The Morgan fingerprint density at radius 2 is 1.81 bits per heavy atom. The number of piperazine rings is 1. The van der Waals surface area contributed by atoms with Crippen molar-refractivity contribution in [2.75, 3.05) is 79.7 Å². The molecule has 32 heavy (non-hydrogen) atoms. The lowest BCUT2D eigenvalue weighted by Gasteiger charge is -2.33. The lowest BCUT2D eigenvalue weighted by atomic mass is 9.93. The zero-order valence-electron chi connectivity index (χ0n) is 20.4. The van der Waals surface area contributed by atoms with Gasteiger partial charge in [0, 0.05) is 39.3 Å². The van der Waals surface area contributed by atoms with Crippen molar-refractivity contribution in [3.63, 3.8) is 0 Å². The summed E-state index contributed by atoms with van der Waals surface area (Å²) in [5, 5.41) is 14.0. The van der Waals surface area contributed by atoms with Gasteiger partial charge in [0.2, 0.25) is 0 Å². The molecular weight excluding hydrogens is 404 g/mol. The summed E-state index contributed by atoms with van der Waals surface area (Å²) >= 11 is 0. The van der Waals surface area contributed by atoms with Crippen LogP contribution >= 0.6 is 0 Å². The zero-order chi connectivity index (χ0) is 22.8. The third kappa shape index (κ3) is 8.19. The Labute approximate surface area is 194 Å². The van der Waals surface area contributed by atoms with Gasteiger partial charge in [0.1, 0.15) is 12.7 Å². The third-order valence-corrected chi connectivity index (χ3v) is 6.94. The van der Waals surface area contributed by atoms with E-state index in [4.69, 9.17) is 9.47 Å². The molecular formula is C25H44N4O3. The molecule has 0 spiro atoms. The molecule has 2 aliphatic heterocycles. The Bertz CT molecular complexity index is 659. The van der Waals surface area contributed by atoms with Crippen molar-refractivity contribution < 1.29 is 14.6 Å². The second kappa shape index (κ2) is 13.4. The molecule has 0 aromatic heterocycles. The highest BCUT2D eigenvalue weighted by Gasteiger charge is 2.19. The van der Waals surface area contributed by atoms with Crippen LogP contribution in [0.25, 0.3) is 0 Å². The molecule has 1 unspecified atom stereocenters.